The van der Waals surface area contributed by atoms with Gasteiger partial charge >= 0.3 is 7.60 Å². The topological polar surface area (TPSA) is 46.5 Å². The van der Waals surface area contributed by atoms with Crippen molar-refractivity contribution in [3.05, 3.63) is 0 Å². The zero-order valence-corrected chi connectivity index (χ0v) is 10.4. The van der Waals surface area contributed by atoms with Crippen LogP contribution in [-0.4, -0.2) is 24.9 Å². The molecule has 0 saturated carbocycles. The van der Waals surface area contributed by atoms with Crippen LogP contribution in [-0.2, 0) is 9.09 Å². The van der Waals surface area contributed by atoms with E-state index in [1.807, 2.05) is 0 Å². The number of rotatable bonds is 4. The maximum Gasteiger partial charge on any atom is 0.325 e. The summed E-state index contributed by atoms with van der Waals surface area (Å²) in [4.78, 5) is 9.39. The SMILES string of the molecule is CC(C)OP(=O)(O)C[Si](C)(C)C. The molecule has 5 heteroatoms. The third-order valence-corrected chi connectivity index (χ3v) is 7.19. The van der Waals surface area contributed by atoms with Crippen LogP contribution in [0.25, 0.3) is 0 Å². The van der Waals surface area contributed by atoms with Crippen LogP contribution < -0.4 is 0 Å². The van der Waals surface area contributed by atoms with Crippen molar-refractivity contribution in [1.29, 1.82) is 0 Å². The van der Waals surface area contributed by atoms with Crippen molar-refractivity contribution in [3.8, 4) is 0 Å². The quantitative estimate of drug-likeness (QED) is 0.572. The highest BCUT2D eigenvalue weighted by molar-refractivity contribution is 7.56. The van der Waals surface area contributed by atoms with Crippen LogP contribution in [0.3, 0.4) is 0 Å². The molecule has 1 unspecified atom stereocenters. The van der Waals surface area contributed by atoms with Crippen molar-refractivity contribution in [1.82, 2.24) is 0 Å². The minimum Gasteiger partial charge on any atom is -0.324 e. The van der Waals surface area contributed by atoms with Gasteiger partial charge in [-0.2, -0.15) is 0 Å². The highest BCUT2D eigenvalue weighted by atomic mass is 31.2. The fourth-order valence-corrected chi connectivity index (χ4v) is 6.72. The molecule has 1 N–H and O–H groups in total. The van der Waals surface area contributed by atoms with E-state index in [2.05, 4.69) is 19.6 Å². The maximum atomic E-state index is 11.4. The van der Waals surface area contributed by atoms with E-state index in [-0.39, 0.29) is 6.10 Å². The van der Waals surface area contributed by atoms with E-state index >= 15 is 0 Å². The molecule has 0 fully saturated rings. The highest BCUT2D eigenvalue weighted by Gasteiger charge is 2.29. The first-order chi connectivity index (χ1) is 5.12. The van der Waals surface area contributed by atoms with E-state index in [1.165, 1.54) is 0 Å². The first kappa shape index (κ1) is 12.4. The maximum absolute atomic E-state index is 11.4. The molecule has 3 nitrogen and oxygen atoms in total. The lowest BCUT2D eigenvalue weighted by Crippen LogP contribution is -2.27. The second kappa shape index (κ2) is 4.05. The third kappa shape index (κ3) is 7.04. The predicted octanol–water partition coefficient (Wildman–Crippen LogP) is 2.47. The Labute approximate surface area is 75.7 Å². The highest BCUT2D eigenvalue weighted by Crippen LogP contribution is 2.45. The van der Waals surface area contributed by atoms with Crippen LogP contribution in [0.4, 0.5) is 0 Å². The zero-order valence-electron chi connectivity index (χ0n) is 8.50. The molecule has 12 heavy (non-hydrogen) atoms. The van der Waals surface area contributed by atoms with Crippen LogP contribution in [0.1, 0.15) is 13.8 Å². The van der Waals surface area contributed by atoms with Gasteiger partial charge in [-0.15, -0.1) is 0 Å². The molecule has 0 saturated heterocycles. The molecule has 0 heterocycles. The molecule has 0 amide bonds. The van der Waals surface area contributed by atoms with Crippen molar-refractivity contribution in [2.45, 2.75) is 39.6 Å². The molecule has 0 bridgehead atoms. The lowest BCUT2D eigenvalue weighted by Gasteiger charge is -2.21. The number of hydrogen-bond donors (Lipinski definition) is 1. The molecular weight excluding hydrogens is 191 g/mol. The minimum atomic E-state index is -3.31. The van der Waals surface area contributed by atoms with Gasteiger partial charge in [0.25, 0.3) is 0 Å². The Kier molecular flexibility index (Phi) is 4.17. The summed E-state index contributed by atoms with van der Waals surface area (Å²) >= 11 is 0. The molecule has 74 valence electrons. The molecule has 0 aliphatic heterocycles. The molecule has 1 atom stereocenters. The van der Waals surface area contributed by atoms with E-state index in [4.69, 9.17) is 4.52 Å². The van der Waals surface area contributed by atoms with Gasteiger partial charge in [-0.25, -0.2) is 0 Å². The van der Waals surface area contributed by atoms with Crippen molar-refractivity contribution in [2.24, 2.45) is 0 Å². The monoisotopic (exact) mass is 210 g/mol. The average molecular weight is 210 g/mol. The molecule has 0 aliphatic carbocycles. The molecule has 0 aromatic heterocycles. The average Bonchev–Trinajstić information content (AvgIpc) is 1.48. The van der Waals surface area contributed by atoms with Gasteiger partial charge < -0.3 is 9.42 Å². The predicted molar refractivity (Wildman–Crippen MR) is 54.3 cm³/mol. The van der Waals surface area contributed by atoms with Gasteiger partial charge in [0.05, 0.1) is 14.2 Å². The van der Waals surface area contributed by atoms with Gasteiger partial charge in [0.2, 0.25) is 0 Å². The Morgan fingerprint density at radius 1 is 1.42 bits per heavy atom. The summed E-state index contributed by atoms with van der Waals surface area (Å²) in [5, 5.41) is 0. The Hall–Kier alpha value is 0.367. The lowest BCUT2D eigenvalue weighted by atomic mass is 10.5. The van der Waals surface area contributed by atoms with Crippen molar-refractivity contribution >= 4 is 15.7 Å². The molecule has 0 aromatic rings. The second-order valence-corrected chi connectivity index (χ2v) is 12.4. The van der Waals surface area contributed by atoms with E-state index in [9.17, 15) is 9.46 Å². The molecule has 0 aliphatic rings. The summed E-state index contributed by atoms with van der Waals surface area (Å²) in [6, 6.07) is 0. The van der Waals surface area contributed by atoms with Gasteiger partial charge in [0.1, 0.15) is 0 Å². The van der Waals surface area contributed by atoms with Crippen molar-refractivity contribution in [3.63, 3.8) is 0 Å². The van der Waals surface area contributed by atoms with E-state index in [0.717, 1.165) is 0 Å². The molecule has 0 spiro atoms. The van der Waals surface area contributed by atoms with Crippen LogP contribution in [0, 0.1) is 0 Å². The third-order valence-electron chi connectivity index (χ3n) is 1.05. The summed E-state index contributed by atoms with van der Waals surface area (Å²) in [5.74, 6) is 0.345. The first-order valence-corrected chi connectivity index (χ1v) is 9.60. The van der Waals surface area contributed by atoms with Gasteiger partial charge in [0, 0.05) is 5.79 Å². The van der Waals surface area contributed by atoms with Crippen LogP contribution in [0.5, 0.6) is 0 Å². The van der Waals surface area contributed by atoms with Crippen molar-refractivity contribution < 1.29 is 14.0 Å². The smallest absolute Gasteiger partial charge is 0.324 e. The van der Waals surface area contributed by atoms with E-state index in [1.54, 1.807) is 13.8 Å². The molecule has 0 aromatic carbocycles. The summed E-state index contributed by atoms with van der Waals surface area (Å²) < 4.78 is 16.4. The normalized spacial score (nSPS) is 17.9. The Morgan fingerprint density at radius 3 is 2.08 bits per heavy atom. The van der Waals surface area contributed by atoms with Crippen molar-refractivity contribution in [2.75, 3.05) is 5.79 Å². The Morgan fingerprint density at radius 2 is 1.83 bits per heavy atom. The summed E-state index contributed by atoms with van der Waals surface area (Å²) in [6.45, 7) is 9.71. The Bertz CT molecular complexity index is 186. The molecular formula is C7H19O3PSi. The standard InChI is InChI=1S/C7H19O3PSi/c1-7(2)10-11(8,9)6-12(3,4)5/h7H,6H2,1-5H3,(H,8,9). The van der Waals surface area contributed by atoms with Crippen LogP contribution >= 0.6 is 7.60 Å². The molecule has 0 radical (unpaired) electrons. The van der Waals surface area contributed by atoms with Gasteiger partial charge in [-0.3, -0.25) is 4.57 Å². The fourth-order valence-electron chi connectivity index (χ4n) is 0.966. The first-order valence-electron chi connectivity index (χ1n) is 4.13. The van der Waals surface area contributed by atoms with E-state index in [0.29, 0.717) is 5.79 Å². The second-order valence-electron chi connectivity index (χ2n) is 4.51. The summed E-state index contributed by atoms with van der Waals surface area (Å²) in [7, 11) is -4.81. The lowest BCUT2D eigenvalue weighted by molar-refractivity contribution is 0.207. The van der Waals surface area contributed by atoms with Gasteiger partial charge in [0.15, 0.2) is 0 Å². The fraction of sp³-hybridized carbons (Fsp3) is 1.00. The zero-order chi connectivity index (χ0) is 9.99. The van der Waals surface area contributed by atoms with Gasteiger partial charge in [-0.1, -0.05) is 19.6 Å². The van der Waals surface area contributed by atoms with Crippen LogP contribution in [0.15, 0.2) is 0 Å². The molecule has 0 rings (SSSR count). The largest absolute Gasteiger partial charge is 0.325 e. The summed E-state index contributed by atoms with van der Waals surface area (Å²) in [6.07, 6.45) is -0.169. The van der Waals surface area contributed by atoms with Gasteiger partial charge in [-0.05, 0) is 13.8 Å². The van der Waals surface area contributed by atoms with E-state index < -0.39 is 15.7 Å². The van der Waals surface area contributed by atoms with Crippen LogP contribution in [0.2, 0.25) is 19.6 Å². The summed E-state index contributed by atoms with van der Waals surface area (Å²) in [5.41, 5.74) is 0. The number of hydrogen-bond acceptors (Lipinski definition) is 2. The minimum absolute atomic E-state index is 0.169. The Balaban J connectivity index is 4.15.